The molecule has 6 heteroatoms. The minimum atomic E-state index is -0.497. The molecule has 1 unspecified atom stereocenters. The van der Waals surface area contributed by atoms with E-state index in [-0.39, 0.29) is 11.8 Å². The highest BCUT2D eigenvalue weighted by molar-refractivity contribution is 9.09. The molecule has 0 fully saturated rings. The van der Waals surface area contributed by atoms with Crippen LogP contribution in [0.3, 0.4) is 0 Å². The van der Waals surface area contributed by atoms with Crippen LogP contribution in [0.4, 0.5) is 0 Å². The van der Waals surface area contributed by atoms with Gasteiger partial charge >= 0.3 is 0 Å². The van der Waals surface area contributed by atoms with Crippen LogP contribution < -0.4 is 10.6 Å². The molecular formula is C11H21BrN2O3. The van der Waals surface area contributed by atoms with Gasteiger partial charge in [-0.05, 0) is 19.8 Å². The van der Waals surface area contributed by atoms with Crippen molar-refractivity contribution in [2.45, 2.75) is 32.2 Å². The Labute approximate surface area is 111 Å². The van der Waals surface area contributed by atoms with E-state index in [1.165, 1.54) is 0 Å². The standard InChI is InChI=1S/C11H21BrN2O3/c1-9(11(16)13-7-8-17-2)14-10(15)5-3-4-6-12/h9H,3-8H2,1-2H3,(H,13,16)(H,14,15). The van der Waals surface area contributed by atoms with Gasteiger partial charge in [-0.15, -0.1) is 0 Å². The highest BCUT2D eigenvalue weighted by atomic mass is 79.9. The number of carbonyl (C=O) groups excluding carboxylic acids is 2. The van der Waals surface area contributed by atoms with Crippen LogP contribution in [0.2, 0.25) is 0 Å². The van der Waals surface area contributed by atoms with Gasteiger partial charge in [0, 0.05) is 25.4 Å². The number of nitrogens with one attached hydrogen (secondary N) is 2. The molecule has 0 aliphatic heterocycles. The lowest BCUT2D eigenvalue weighted by Gasteiger charge is -2.13. The Balaban J connectivity index is 3.71. The summed E-state index contributed by atoms with van der Waals surface area (Å²) in [7, 11) is 1.57. The number of halogens is 1. The van der Waals surface area contributed by atoms with Crippen molar-refractivity contribution in [1.29, 1.82) is 0 Å². The molecule has 2 N–H and O–H groups in total. The predicted octanol–water partition coefficient (Wildman–Crippen LogP) is 0.819. The predicted molar refractivity (Wildman–Crippen MR) is 70.1 cm³/mol. The second-order valence-corrected chi connectivity index (χ2v) is 4.51. The summed E-state index contributed by atoms with van der Waals surface area (Å²) in [5.74, 6) is -0.267. The van der Waals surface area contributed by atoms with Gasteiger partial charge in [0.05, 0.1) is 6.61 Å². The molecule has 2 amide bonds. The van der Waals surface area contributed by atoms with Gasteiger partial charge < -0.3 is 15.4 Å². The van der Waals surface area contributed by atoms with Gasteiger partial charge in [-0.2, -0.15) is 0 Å². The van der Waals surface area contributed by atoms with Gasteiger partial charge in [0.1, 0.15) is 6.04 Å². The fourth-order valence-electron chi connectivity index (χ4n) is 1.19. The Bertz CT molecular complexity index is 237. The van der Waals surface area contributed by atoms with Crippen LogP contribution in [-0.4, -0.2) is 43.4 Å². The molecule has 0 aliphatic rings. The van der Waals surface area contributed by atoms with E-state index in [2.05, 4.69) is 26.6 Å². The first kappa shape index (κ1) is 16.4. The smallest absolute Gasteiger partial charge is 0.242 e. The molecule has 0 aliphatic carbocycles. The van der Waals surface area contributed by atoms with E-state index in [0.717, 1.165) is 18.2 Å². The third-order valence-corrected chi connectivity index (χ3v) is 2.72. The number of carbonyl (C=O) groups is 2. The third kappa shape index (κ3) is 9.12. The molecule has 0 radical (unpaired) electrons. The first-order chi connectivity index (χ1) is 8.11. The maximum absolute atomic E-state index is 11.5. The number of rotatable bonds is 9. The Morgan fingerprint density at radius 1 is 1.35 bits per heavy atom. The first-order valence-electron chi connectivity index (χ1n) is 5.73. The summed E-state index contributed by atoms with van der Waals surface area (Å²) in [5, 5.41) is 6.22. The molecule has 0 saturated carbocycles. The number of methoxy groups -OCH3 is 1. The second kappa shape index (κ2) is 10.5. The molecule has 1 atom stereocenters. The monoisotopic (exact) mass is 308 g/mol. The van der Waals surface area contributed by atoms with Crippen molar-refractivity contribution in [1.82, 2.24) is 10.6 Å². The SMILES string of the molecule is COCCNC(=O)C(C)NC(=O)CCCCBr. The maximum Gasteiger partial charge on any atom is 0.242 e. The molecule has 0 rings (SSSR count). The molecule has 0 heterocycles. The fourth-order valence-corrected chi connectivity index (χ4v) is 1.59. The Hall–Kier alpha value is -0.620. The van der Waals surface area contributed by atoms with Crippen LogP contribution >= 0.6 is 15.9 Å². The molecular weight excluding hydrogens is 288 g/mol. The zero-order valence-electron chi connectivity index (χ0n) is 10.4. The number of hydrogen-bond donors (Lipinski definition) is 2. The Kier molecular flexibility index (Phi) is 10.1. The van der Waals surface area contributed by atoms with Gasteiger partial charge in [0.25, 0.3) is 0 Å². The number of amides is 2. The number of ether oxygens (including phenoxy) is 1. The van der Waals surface area contributed by atoms with Crippen LogP contribution in [0.15, 0.2) is 0 Å². The molecule has 0 saturated heterocycles. The molecule has 0 spiro atoms. The van der Waals surface area contributed by atoms with Crippen LogP contribution in [0.5, 0.6) is 0 Å². The van der Waals surface area contributed by atoms with Gasteiger partial charge in [0.15, 0.2) is 0 Å². The molecule has 0 aromatic heterocycles. The average Bonchev–Trinajstić information content (AvgIpc) is 2.29. The van der Waals surface area contributed by atoms with E-state index in [0.29, 0.717) is 19.6 Å². The van der Waals surface area contributed by atoms with Crippen LogP contribution in [0.25, 0.3) is 0 Å². The summed E-state index contributed by atoms with van der Waals surface area (Å²) in [6, 6.07) is -0.497. The highest BCUT2D eigenvalue weighted by Crippen LogP contribution is 1.98. The molecule has 100 valence electrons. The normalized spacial score (nSPS) is 11.9. The van der Waals surface area contributed by atoms with E-state index in [9.17, 15) is 9.59 Å². The number of unbranched alkanes of at least 4 members (excludes halogenated alkanes) is 1. The van der Waals surface area contributed by atoms with Crippen molar-refractivity contribution in [2.24, 2.45) is 0 Å². The lowest BCUT2D eigenvalue weighted by molar-refractivity contribution is -0.128. The zero-order chi connectivity index (χ0) is 13.1. The summed E-state index contributed by atoms with van der Waals surface area (Å²) in [4.78, 5) is 22.9. The van der Waals surface area contributed by atoms with Gasteiger partial charge in [-0.1, -0.05) is 15.9 Å². The van der Waals surface area contributed by atoms with Crippen molar-refractivity contribution in [3.8, 4) is 0 Å². The highest BCUT2D eigenvalue weighted by Gasteiger charge is 2.14. The second-order valence-electron chi connectivity index (χ2n) is 3.72. The van der Waals surface area contributed by atoms with E-state index < -0.39 is 6.04 Å². The fraction of sp³-hybridized carbons (Fsp3) is 0.818. The zero-order valence-corrected chi connectivity index (χ0v) is 12.0. The van der Waals surface area contributed by atoms with E-state index >= 15 is 0 Å². The van der Waals surface area contributed by atoms with Crippen molar-refractivity contribution in [2.75, 3.05) is 25.6 Å². The number of hydrogen-bond acceptors (Lipinski definition) is 3. The van der Waals surface area contributed by atoms with E-state index in [4.69, 9.17) is 4.74 Å². The third-order valence-electron chi connectivity index (χ3n) is 2.16. The van der Waals surface area contributed by atoms with Crippen molar-refractivity contribution < 1.29 is 14.3 Å². The minimum Gasteiger partial charge on any atom is -0.383 e. The number of alkyl halides is 1. The summed E-state index contributed by atoms with van der Waals surface area (Å²) >= 11 is 3.30. The van der Waals surface area contributed by atoms with E-state index in [1.807, 2.05) is 0 Å². The summed E-state index contributed by atoms with van der Waals surface area (Å²) in [6.07, 6.45) is 2.25. The largest absolute Gasteiger partial charge is 0.383 e. The quantitative estimate of drug-likeness (QED) is 0.489. The Morgan fingerprint density at radius 3 is 2.65 bits per heavy atom. The molecule has 0 aromatic rings. The molecule has 5 nitrogen and oxygen atoms in total. The first-order valence-corrected chi connectivity index (χ1v) is 6.86. The lowest BCUT2D eigenvalue weighted by atomic mass is 10.2. The summed E-state index contributed by atoms with van der Waals surface area (Å²) < 4.78 is 4.81. The van der Waals surface area contributed by atoms with Crippen molar-refractivity contribution in [3.05, 3.63) is 0 Å². The van der Waals surface area contributed by atoms with Gasteiger partial charge in [0.2, 0.25) is 11.8 Å². The minimum absolute atomic E-state index is 0.0830. The average molecular weight is 309 g/mol. The van der Waals surface area contributed by atoms with E-state index in [1.54, 1.807) is 14.0 Å². The maximum atomic E-state index is 11.5. The van der Waals surface area contributed by atoms with Crippen LogP contribution in [0, 0.1) is 0 Å². The van der Waals surface area contributed by atoms with Crippen molar-refractivity contribution in [3.63, 3.8) is 0 Å². The molecule has 17 heavy (non-hydrogen) atoms. The van der Waals surface area contributed by atoms with Crippen molar-refractivity contribution >= 4 is 27.7 Å². The lowest BCUT2D eigenvalue weighted by Crippen LogP contribution is -2.45. The summed E-state index contributed by atoms with van der Waals surface area (Å²) in [6.45, 7) is 2.60. The summed E-state index contributed by atoms with van der Waals surface area (Å²) in [5.41, 5.74) is 0. The van der Waals surface area contributed by atoms with Crippen LogP contribution in [-0.2, 0) is 14.3 Å². The van der Waals surface area contributed by atoms with Gasteiger partial charge in [-0.25, -0.2) is 0 Å². The topological polar surface area (TPSA) is 67.4 Å². The molecule has 0 bridgehead atoms. The molecule has 0 aromatic carbocycles. The van der Waals surface area contributed by atoms with Gasteiger partial charge in [-0.3, -0.25) is 9.59 Å². The van der Waals surface area contributed by atoms with Crippen LogP contribution in [0.1, 0.15) is 26.2 Å². The Morgan fingerprint density at radius 2 is 2.06 bits per heavy atom.